The first-order valence-corrected chi connectivity index (χ1v) is 5.82. The maximum atomic E-state index is 12.3. The SMILES string of the molecule is Cc1cc(C(=O)N2CCC(C(=O)O)C2)c(C)nn1. The number of rotatable bonds is 2. The third-order valence-electron chi connectivity index (χ3n) is 3.16. The molecule has 0 radical (unpaired) electrons. The van der Waals surface area contributed by atoms with Crippen molar-refractivity contribution >= 4 is 11.9 Å². The minimum atomic E-state index is -0.842. The summed E-state index contributed by atoms with van der Waals surface area (Å²) in [7, 11) is 0. The van der Waals surface area contributed by atoms with Crippen molar-refractivity contribution in [2.24, 2.45) is 5.92 Å². The number of hydrogen-bond acceptors (Lipinski definition) is 4. The van der Waals surface area contributed by atoms with Gasteiger partial charge < -0.3 is 10.0 Å². The van der Waals surface area contributed by atoms with Gasteiger partial charge in [-0.3, -0.25) is 9.59 Å². The number of carboxylic acid groups (broad SMARTS) is 1. The summed E-state index contributed by atoms with van der Waals surface area (Å²) in [6, 6.07) is 1.69. The van der Waals surface area contributed by atoms with Gasteiger partial charge in [0.15, 0.2) is 0 Å². The molecule has 2 rings (SSSR count). The molecule has 0 bridgehead atoms. The summed E-state index contributed by atoms with van der Waals surface area (Å²) in [6.45, 7) is 4.25. The molecule has 1 N–H and O–H groups in total. The number of aromatic nitrogens is 2. The molecule has 0 aromatic carbocycles. The Bertz CT molecular complexity index is 501. The van der Waals surface area contributed by atoms with Gasteiger partial charge in [-0.05, 0) is 26.3 Å². The summed E-state index contributed by atoms with van der Waals surface area (Å²) in [4.78, 5) is 24.7. The highest BCUT2D eigenvalue weighted by Crippen LogP contribution is 2.19. The number of amides is 1. The van der Waals surface area contributed by atoms with E-state index < -0.39 is 11.9 Å². The zero-order valence-corrected chi connectivity index (χ0v) is 10.4. The van der Waals surface area contributed by atoms with Gasteiger partial charge in [-0.15, -0.1) is 0 Å². The standard InChI is InChI=1S/C12H15N3O3/c1-7-5-10(8(2)14-13-7)11(16)15-4-3-9(6-15)12(17)18/h5,9H,3-4,6H2,1-2H3,(H,17,18). The van der Waals surface area contributed by atoms with Gasteiger partial charge in [0.05, 0.1) is 22.9 Å². The molecule has 0 spiro atoms. The first-order chi connectivity index (χ1) is 8.49. The maximum absolute atomic E-state index is 12.3. The Kier molecular flexibility index (Phi) is 3.27. The van der Waals surface area contributed by atoms with Crippen molar-refractivity contribution in [1.29, 1.82) is 0 Å². The van der Waals surface area contributed by atoms with Crippen molar-refractivity contribution in [3.8, 4) is 0 Å². The lowest BCUT2D eigenvalue weighted by molar-refractivity contribution is -0.141. The van der Waals surface area contributed by atoms with Gasteiger partial charge in [0, 0.05) is 13.1 Å². The Morgan fingerprint density at radius 3 is 2.72 bits per heavy atom. The van der Waals surface area contributed by atoms with Gasteiger partial charge >= 0.3 is 5.97 Å². The Balaban J connectivity index is 2.17. The molecule has 0 aliphatic carbocycles. The highest BCUT2D eigenvalue weighted by atomic mass is 16.4. The highest BCUT2D eigenvalue weighted by molar-refractivity contribution is 5.95. The molecule has 1 aromatic heterocycles. The van der Waals surface area contributed by atoms with Crippen LogP contribution in [-0.2, 0) is 4.79 Å². The van der Waals surface area contributed by atoms with Crippen LogP contribution in [0.3, 0.4) is 0 Å². The quantitative estimate of drug-likeness (QED) is 0.831. The molecular weight excluding hydrogens is 234 g/mol. The number of carboxylic acids is 1. The van der Waals surface area contributed by atoms with Crippen LogP contribution in [0.4, 0.5) is 0 Å². The molecule has 0 saturated carbocycles. The van der Waals surface area contributed by atoms with Crippen molar-refractivity contribution in [2.45, 2.75) is 20.3 Å². The Morgan fingerprint density at radius 1 is 1.39 bits per heavy atom. The van der Waals surface area contributed by atoms with Crippen molar-refractivity contribution < 1.29 is 14.7 Å². The lowest BCUT2D eigenvalue weighted by Crippen LogP contribution is -2.30. The molecule has 1 fully saturated rings. The van der Waals surface area contributed by atoms with Crippen molar-refractivity contribution in [2.75, 3.05) is 13.1 Å². The van der Waals surface area contributed by atoms with Crippen LogP contribution < -0.4 is 0 Å². The molecule has 2 heterocycles. The molecule has 6 heteroatoms. The summed E-state index contributed by atoms with van der Waals surface area (Å²) >= 11 is 0. The molecule has 1 aliphatic heterocycles. The van der Waals surface area contributed by atoms with Crippen LogP contribution in [0.1, 0.15) is 28.2 Å². The van der Waals surface area contributed by atoms with E-state index in [-0.39, 0.29) is 12.5 Å². The molecule has 1 saturated heterocycles. The monoisotopic (exact) mass is 249 g/mol. The fraction of sp³-hybridized carbons (Fsp3) is 0.500. The van der Waals surface area contributed by atoms with Gasteiger partial charge in [0.2, 0.25) is 0 Å². The lowest BCUT2D eigenvalue weighted by atomic mass is 10.1. The van der Waals surface area contributed by atoms with E-state index in [1.54, 1.807) is 24.8 Å². The number of nitrogens with zero attached hydrogens (tertiary/aromatic N) is 3. The molecule has 1 atom stereocenters. The Labute approximate surface area is 105 Å². The van der Waals surface area contributed by atoms with Crippen LogP contribution in [0, 0.1) is 19.8 Å². The van der Waals surface area contributed by atoms with E-state index in [4.69, 9.17) is 5.11 Å². The second-order valence-corrected chi connectivity index (χ2v) is 4.56. The minimum absolute atomic E-state index is 0.158. The predicted molar refractivity (Wildman–Crippen MR) is 63.2 cm³/mol. The highest BCUT2D eigenvalue weighted by Gasteiger charge is 2.31. The van der Waals surface area contributed by atoms with Crippen LogP contribution in [0.2, 0.25) is 0 Å². The zero-order chi connectivity index (χ0) is 13.3. The van der Waals surface area contributed by atoms with Crippen LogP contribution >= 0.6 is 0 Å². The lowest BCUT2D eigenvalue weighted by Gasteiger charge is -2.16. The maximum Gasteiger partial charge on any atom is 0.308 e. The summed E-state index contributed by atoms with van der Waals surface area (Å²) in [6.07, 6.45) is 0.512. The topological polar surface area (TPSA) is 83.4 Å². The Morgan fingerprint density at radius 2 is 2.11 bits per heavy atom. The van der Waals surface area contributed by atoms with Gasteiger partial charge in [-0.1, -0.05) is 0 Å². The van der Waals surface area contributed by atoms with Crippen molar-refractivity contribution in [3.05, 3.63) is 23.0 Å². The van der Waals surface area contributed by atoms with Crippen LogP contribution in [0.15, 0.2) is 6.07 Å². The third-order valence-corrected chi connectivity index (χ3v) is 3.16. The van der Waals surface area contributed by atoms with E-state index in [1.165, 1.54) is 0 Å². The second-order valence-electron chi connectivity index (χ2n) is 4.56. The summed E-state index contributed by atoms with van der Waals surface area (Å²) in [5.41, 5.74) is 1.76. The van der Waals surface area contributed by atoms with E-state index in [9.17, 15) is 9.59 Å². The van der Waals surface area contributed by atoms with Crippen molar-refractivity contribution in [1.82, 2.24) is 15.1 Å². The second kappa shape index (κ2) is 4.72. The number of aliphatic carboxylic acids is 1. The van der Waals surface area contributed by atoms with E-state index >= 15 is 0 Å². The van der Waals surface area contributed by atoms with Gasteiger partial charge in [-0.25, -0.2) is 0 Å². The fourth-order valence-corrected chi connectivity index (χ4v) is 2.08. The number of aryl methyl sites for hydroxylation is 2. The molecule has 18 heavy (non-hydrogen) atoms. The van der Waals surface area contributed by atoms with E-state index in [0.29, 0.717) is 29.9 Å². The third kappa shape index (κ3) is 2.32. The van der Waals surface area contributed by atoms with E-state index in [2.05, 4.69) is 10.2 Å². The average Bonchev–Trinajstić information content (AvgIpc) is 2.81. The van der Waals surface area contributed by atoms with Gasteiger partial charge in [-0.2, -0.15) is 10.2 Å². The summed E-state index contributed by atoms with van der Waals surface area (Å²) in [5, 5.41) is 16.7. The summed E-state index contributed by atoms with van der Waals surface area (Å²) < 4.78 is 0. The van der Waals surface area contributed by atoms with Crippen LogP contribution in [0.25, 0.3) is 0 Å². The van der Waals surface area contributed by atoms with Crippen molar-refractivity contribution in [3.63, 3.8) is 0 Å². The molecule has 1 aliphatic rings. The molecule has 1 aromatic rings. The van der Waals surface area contributed by atoms with Crippen LogP contribution in [0.5, 0.6) is 0 Å². The van der Waals surface area contributed by atoms with Gasteiger partial charge in [0.25, 0.3) is 5.91 Å². The largest absolute Gasteiger partial charge is 0.481 e. The first-order valence-electron chi connectivity index (χ1n) is 5.82. The fourth-order valence-electron chi connectivity index (χ4n) is 2.08. The van der Waals surface area contributed by atoms with E-state index in [0.717, 1.165) is 0 Å². The number of likely N-dealkylation sites (tertiary alicyclic amines) is 1. The predicted octanol–water partition coefficient (Wildman–Crippen LogP) is 0.640. The van der Waals surface area contributed by atoms with Crippen LogP contribution in [-0.4, -0.2) is 45.2 Å². The minimum Gasteiger partial charge on any atom is -0.481 e. The molecule has 96 valence electrons. The Hall–Kier alpha value is -1.98. The first kappa shape index (κ1) is 12.5. The average molecular weight is 249 g/mol. The smallest absolute Gasteiger partial charge is 0.308 e. The zero-order valence-electron chi connectivity index (χ0n) is 10.4. The number of carbonyl (C=O) groups excluding carboxylic acids is 1. The van der Waals surface area contributed by atoms with Gasteiger partial charge in [0.1, 0.15) is 0 Å². The molecular formula is C12H15N3O3. The number of carbonyl (C=O) groups is 2. The molecule has 6 nitrogen and oxygen atoms in total. The number of hydrogen-bond donors (Lipinski definition) is 1. The molecule has 1 amide bonds. The summed E-state index contributed by atoms with van der Waals surface area (Å²) in [5.74, 6) is -1.45. The normalized spacial score (nSPS) is 19.0. The molecule has 1 unspecified atom stereocenters. The van der Waals surface area contributed by atoms with E-state index in [1.807, 2.05) is 0 Å².